The van der Waals surface area contributed by atoms with Crippen molar-refractivity contribution >= 4 is 17.3 Å². The summed E-state index contributed by atoms with van der Waals surface area (Å²) in [6.07, 6.45) is 0. The molecule has 0 radical (unpaired) electrons. The molecular formula is C16H16N2O. The average molecular weight is 252 g/mol. The quantitative estimate of drug-likeness (QED) is 0.793. The van der Waals surface area contributed by atoms with E-state index in [0.717, 1.165) is 11.3 Å². The third kappa shape index (κ3) is 1.78. The molecule has 0 fully saturated rings. The van der Waals surface area contributed by atoms with Gasteiger partial charge in [0.2, 0.25) is 0 Å². The molecule has 1 aliphatic heterocycles. The van der Waals surface area contributed by atoms with Crippen molar-refractivity contribution in [2.75, 3.05) is 10.6 Å². The van der Waals surface area contributed by atoms with Crippen LogP contribution in [0.25, 0.3) is 0 Å². The van der Waals surface area contributed by atoms with Crippen LogP contribution in [0.15, 0.2) is 36.4 Å². The predicted molar refractivity (Wildman–Crippen MR) is 77.3 cm³/mol. The van der Waals surface area contributed by atoms with Crippen molar-refractivity contribution in [3.8, 4) is 0 Å². The summed E-state index contributed by atoms with van der Waals surface area (Å²) in [6, 6.07) is 11.7. The van der Waals surface area contributed by atoms with Crippen LogP contribution in [0.5, 0.6) is 0 Å². The Morgan fingerprint density at radius 2 is 1.89 bits per heavy atom. The molecular weight excluding hydrogens is 236 g/mol. The topological polar surface area (TPSA) is 46.3 Å². The lowest BCUT2D eigenvalue weighted by atomic mass is 10.1. The highest BCUT2D eigenvalue weighted by atomic mass is 16.2. The Morgan fingerprint density at radius 1 is 1.11 bits per heavy atom. The molecule has 0 bridgehead atoms. The number of carbonyl (C=O) groups is 1. The summed E-state index contributed by atoms with van der Waals surface area (Å²) in [5.74, 6) is -0.00338. The van der Waals surface area contributed by atoms with Crippen LogP contribution in [-0.2, 0) is 6.54 Å². The Labute approximate surface area is 112 Å². The molecule has 0 saturated heterocycles. The summed E-state index contributed by atoms with van der Waals surface area (Å²) in [7, 11) is 0. The van der Waals surface area contributed by atoms with Gasteiger partial charge in [0.15, 0.2) is 0 Å². The van der Waals surface area contributed by atoms with Crippen LogP contribution in [0.2, 0.25) is 0 Å². The summed E-state index contributed by atoms with van der Waals surface area (Å²) in [5.41, 5.74) is 11.5. The first-order chi connectivity index (χ1) is 9.08. The minimum atomic E-state index is -0.00338. The summed E-state index contributed by atoms with van der Waals surface area (Å²) in [5, 5.41) is 0. The van der Waals surface area contributed by atoms with Gasteiger partial charge in [-0.05, 0) is 48.7 Å². The van der Waals surface area contributed by atoms with Gasteiger partial charge >= 0.3 is 0 Å². The third-order valence-electron chi connectivity index (χ3n) is 3.77. The number of hydrogen-bond acceptors (Lipinski definition) is 2. The van der Waals surface area contributed by atoms with Crippen molar-refractivity contribution in [3.05, 3.63) is 58.7 Å². The lowest BCUT2D eigenvalue weighted by Gasteiger charge is -2.17. The van der Waals surface area contributed by atoms with Crippen molar-refractivity contribution < 1.29 is 4.79 Å². The number of rotatable bonds is 1. The SMILES string of the molecule is Cc1ccc(N2Cc3cccc(N)c3C2=O)cc1C. The van der Waals surface area contributed by atoms with E-state index in [-0.39, 0.29) is 5.91 Å². The van der Waals surface area contributed by atoms with Gasteiger partial charge in [-0.25, -0.2) is 0 Å². The van der Waals surface area contributed by atoms with Gasteiger partial charge in [-0.1, -0.05) is 18.2 Å². The van der Waals surface area contributed by atoms with Gasteiger partial charge in [-0.3, -0.25) is 4.79 Å². The normalized spacial score (nSPS) is 13.8. The van der Waals surface area contributed by atoms with E-state index in [4.69, 9.17) is 5.73 Å². The van der Waals surface area contributed by atoms with E-state index in [1.807, 2.05) is 24.3 Å². The molecule has 1 aliphatic rings. The standard InChI is InChI=1S/C16H16N2O/c1-10-6-7-13(8-11(10)2)18-9-12-4-3-5-14(17)15(12)16(18)19/h3-8H,9,17H2,1-2H3. The molecule has 3 rings (SSSR count). The molecule has 0 saturated carbocycles. The fraction of sp³-hybridized carbons (Fsp3) is 0.188. The van der Waals surface area contributed by atoms with Gasteiger partial charge in [-0.15, -0.1) is 0 Å². The molecule has 1 amide bonds. The summed E-state index contributed by atoms with van der Waals surface area (Å²) >= 11 is 0. The van der Waals surface area contributed by atoms with Gasteiger partial charge in [0, 0.05) is 11.4 Å². The first kappa shape index (κ1) is 11.8. The van der Waals surface area contributed by atoms with E-state index in [1.165, 1.54) is 11.1 Å². The third-order valence-corrected chi connectivity index (χ3v) is 3.77. The number of anilines is 2. The van der Waals surface area contributed by atoms with Crippen molar-refractivity contribution in [1.29, 1.82) is 0 Å². The zero-order chi connectivity index (χ0) is 13.6. The molecule has 1 heterocycles. The number of nitrogen functional groups attached to an aromatic ring is 1. The number of fused-ring (bicyclic) bond motifs is 1. The maximum Gasteiger partial charge on any atom is 0.261 e. The fourth-order valence-electron chi connectivity index (χ4n) is 2.49. The highest BCUT2D eigenvalue weighted by molar-refractivity contribution is 6.13. The van der Waals surface area contributed by atoms with Crippen LogP contribution in [-0.4, -0.2) is 5.91 Å². The lowest BCUT2D eigenvalue weighted by Crippen LogP contribution is -2.23. The largest absolute Gasteiger partial charge is 0.398 e. The zero-order valence-electron chi connectivity index (χ0n) is 11.1. The molecule has 0 spiro atoms. The van der Waals surface area contributed by atoms with Crippen LogP contribution in [0.4, 0.5) is 11.4 Å². The van der Waals surface area contributed by atoms with E-state index in [0.29, 0.717) is 17.8 Å². The monoisotopic (exact) mass is 252 g/mol. The number of aryl methyl sites for hydroxylation is 2. The molecule has 0 unspecified atom stereocenters. The summed E-state index contributed by atoms with van der Waals surface area (Å²) in [6.45, 7) is 4.72. The number of benzene rings is 2. The second-order valence-corrected chi connectivity index (χ2v) is 5.04. The number of hydrogen-bond donors (Lipinski definition) is 1. The highest BCUT2D eigenvalue weighted by Gasteiger charge is 2.30. The predicted octanol–water partition coefficient (Wildman–Crippen LogP) is 3.05. The van der Waals surface area contributed by atoms with Gasteiger partial charge in [0.05, 0.1) is 12.1 Å². The zero-order valence-corrected chi connectivity index (χ0v) is 11.1. The smallest absolute Gasteiger partial charge is 0.261 e. The van der Waals surface area contributed by atoms with E-state index < -0.39 is 0 Å². The minimum absolute atomic E-state index is 0.00338. The fourth-order valence-corrected chi connectivity index (χ4v) is 2.49. The van der Waals surface area contributed by atoms with Crippen LogP contribution < -0.4 is 10.6 Å². The molecule has 3 heteroatoms. The Bertz CT molecular complexity index is 676. The molecule has 2 aromatic rings. The maximum atomic E-state index is 12.5. The molecule has 19 heavy (non-hydrogen) atoms. The average Bonchev–Trinajstić information content (AvgIpc) is 2.72. The van der Waals surface area contributed by atoms with Crippen molar-refractivity contribution in [3.63, 3.8) is 0 Å². The van der Waals surface area contributed by atoms with Crippen LogP contribution in [0.1, 0.15) is 27.0 Å². The Kier molecular flexibility index (Phi) is 2.56. The first-order valence-electron chi connectivity index (χ1n) is 6.34. The number of nitrogens with zero attached hydrogens (tertiary/aromatic N) is 1. The lowest BCUT2D eigenvalue weighted by molar-refractivity contribution is 0.0997. The maximum absolute atomic E-state index is 12.5. The van der Waals surface area contributed by atoms with Gasteiger partial charge in [0.1, 0.15) is 0 Å². The molecule has 3 nitrogen and oxygen atoms in total. The van der Waals surface area contributed by atoms with Crippen LogP contribution in [0.3, 0.4) is 0 Å². The summed E-state index contributed by atoms with van der Waals surface area (Å²) < 4.78 is 0. The molecule has 96 valence electrons. The van der Waals surface area contributed by atoms with Crippen LogP contribution in [0, 0.1) is 13.8 Å². The second kappa shape index (κ2) is 4.12. The van der Waals surface area contributed by atoms with Crippen LogP contribution >= 0.6 is 0 Å². The molecule has 0 aromatic heterocycles. The Hall–Kier alpha value is -2.29. The second-order valence-electron chi connectivity index (χ2n) is 5.04. The molecule has 2 N–H and O–H groups in total. The van der Waals surface area contributed by atoms with Gasteiger partial charge < -0.3 is 10.6 Å². The van der Waals surface area contributed by atoms with Crippen molar-refractivity contribution in [2.45, 2.75) is 20.4 Å². The first-order valence-corrected chi connectivity index (χ1v) is 6.34. The molecule has 0 aliphatic carbocycles. The highest BCUT2D eigenvalue weighted by Crippen LogP contribution is 2.32. The summed E-state index contributed by atoms with van der Waals surface area (Å²) in [4.78, 5) is 14.2. The van der Waals surface area contributed by atoms with E-state index >= 15 is 0 Å². The van der Waals surface area contributed by atoms with E-state index in [2.05, 4.69) is 19.9 Å². The number of carbonyl (C=O) groups excluding carboxylic acids is 1. The van der Waals surface area contributed by atoms with Gasteiger partial charge in [0.25, 0.3) is 5.91 Å². The number of amides is 1. The van der Waals surface area contributed by atoms with E-state index in [1.54, 1.807) is 11.0 Å². The Morgan fingerprint density at radius 3 is 2.58 bits per heavy atom. The van der Waals surface area contributed by atoms with E-state index in [9.17, 15) is 4.79 Å². The minimum Gasteiger partial charge on any atom is -0.398 e. The molecule has 0 atom stereocenters. The number of nitrogens with two attached hydrogens (primary N) is 1. The van der Waals surface area contributed by atoms with Gasteiger partial charge in [-0.2, -0.15) is 0 Å². The van der Waals surface area contributed by atoms with Crippen molar-refractivity contribution in [1.82, 2.24) is 0 Å². The molecule has 2 aromatic carbocycles. The Balaban J connectivity index is 2.04. The van der Waals surface area contributed by atoms with Crippen molar-refractivity contribution in [2.24, 2.45) is 0 Å².